The standard InChI is InChI=1S/C8H20O3SSi/c1-9-3-4-10-5-6-11-13-8-2-7-12/h12H,2-8,13H2,1H3. The van der Waals surface area contributed by atoms with Gasteiger partial charge in [-0.25, -0.2) is 0 Å². The number of methoxy groups -OCH3 is 1. The quantitative estimate of drug-likeness (QED) is 0.332. The fourth-order valence-electron chi connectivity index (χ4n) is 0.780. The first-order valence-corrected chi connectivity index (χ1v) is 6.88. The molecule has 0 heterocycles. The van der Waals surface area contributed by atoms with Crippen molar-refractivity contribution in [2.75, 3.05) is 39.3 Å². The van der Waals surface area contributed by atoms with Crippen LogP contribution in [0.2, 0.25) is 6.04 Å². The molecule has 0 aliphatic rings. The molecule has 0 rings (SSSR count). The SMILES string of the molecule is COCCOCCO[SiH2]CCCS. The zero-order valence-corrected chi connectivity index (χ0v) is 10.6. The van der Waals surface area contributed by atoms with E-state index in [-0.39, 0.29) is 9.76 Å². The van der Waals surface area contributed by atoms with Crippen LogP contribution >= 0.6 is 12.6 Å². The lowest BCUT2D eigenvalue weighted by atomic mass is 10.6. The van der Waals surface area contributed by atoms with Crippen LogP contribution in [0, 0.1) is 0 Å². The second-order valence-electron chi connectivity index (χ2n) is 2.65. The van der Waals surface area contributed by atoms with E-state index in [2.05, 4.69) is 12.6 Å². The summed E-state index contributed by atoms with van der Waals surface area (Å²) in [5.74, 6) is 0.973. The van der Waals surface area contributed by atoms with Gasteiger partial charge in [-0.15, -0.1) is 0 Å². The zero-order chi connectivity index (χ0) is 9.78. The lowest BCUT2D eigenvalue weighted by molar-refractivity contribution is 0.0550. The third kappa shape index (κ3) is 12.4. The van der Waals surface area contributed by atoms with Crippen LogP contribution in [-0.2, 0) is 13.9 Å². The van der Waals surface area contributed by atoms with Crippen molar-refractivity contribution in [1.82, 2.24) is 0 Å². The first-order chi connectivity index (χ1) is 6.41. The summed E-state index contributed by atoms with van der Waals surface area (Å²) in [6, 6.07) is 1.22. The van der Waals surface area contributed by atoms with Gasteiger partial charge in [0.05, 0.1) is 26.4 Å². The predicted octanol–water partition coefficient (Wildman–Crippen LogP) is 0.488. The van der Waals surface area contributed by atoms with Crippen molar-refractivity contribution < 1.29 is 13.9 Å². The molecular formula is C8H20O3SSi. The van der Waals surface area contributed by atoms with Gasteiger partial charge in [0.2, 0.25) is 0 Å². The van der Waals surface area contributed by atoms with E-state index < -0.39 is 0 Å². The first-order valence-electron chi connectivity index (χ1n) is 4.67. The van der Waals surface area contributed by atoms with Crippen LogP contribution in [-0.4, -0.2) is 49.1 Å². The van der Waals surface area contributed by atoms with Crippen LogP contribution in [0.25, 0.3) is 0 Å². The molecule has 0 radical (unpaired) electrons. The summed E-state index contributed by atoms with van der Waals surface area (Å²) < 4.78 is 15.5. The fourth-order valence-corrected chi connectivity index (χ4v) is 2.40. The molecule has 0 spiro atoms. The van der Waals surface area contributed by atoms with Crippen LogP contribution in [0.1, 0.15) is 6.42 Å². The molecule has 0 aliphatic heterocycles. The highest BCUT2D eigenvalue weighted by atomic mass is 32.1. The summed E-state index contributed by atoms with van der Waals surface area (Å²) in [6.07, 6.45) is 1.18. The van der Waals surface area contributed by atoms with Crippen molar-refractivity contribution in [2.24, 2.45) is 0 Å². The third-order valence-corrected chi connectivity index (χ3v) is 3.18. The Hall–Kier alpha value is 0.447. The minimum atomic E-state index is -0.299. The van der Waals surface area contributed by atoms with E-state index >= 15 is 0 Å². The van der Waals surface area contributed by atoms with E-state index in [0.717, 1.165) is 12.4 Å². The summed E-state index contributed by atoms with van der Waals surface area (Å²) in [4.78, 5) is 0. The molecule has 0 aromatic carbocycles. The van der Waals surface area contributed by atoms with Gasteiger partial charge in [0.15, 0.2) is 9.76 Å². The molecule has 0 saturated heterocycles. The van der Waals surface area contributed by atoms with E-state index in [9.17, 15) is 0 Å². The maximum absolute atomic E-state index is 5.46. The van der Waals surface area contributed by atoms with Gasteiger partial charge < -0.3 is 13.9 Å². The number of hydrogen-bond donors (Lipinski definition) is 1. The van der Waals surface area contributed by atoms with Crippen LogP contribution in [0.5, 0.6) is 0 Å². The molecule has 0 unspecified atom stereocenters. The van der Waals surface area contributed by atoms with Gasteiger partial charge in [-0.2, -0.15) is 12.6 Å². The van der Waals surface area contributed by atoms with Crippen molar-refractivity contribution in [3.8, 4) is 0 Å². The van der Waals surface area contributed by atoms with Crippen molar-refractivity contribution in [3.63, 3.8) is 0 Å². The highest BCUT2D eigenvalue weighted by molar-refractivity contribution is 7.80. The number of rotatable bonds is 10. The average Bonchev–Trinajstić information content (AvgIpc) is 2.16. The van der Waals surface area contributed by atoms with Gasteiger partial charge in [-0.1, -0.05) is 0 Å². The molecule has 13 heavy (non-hydrogen) atoms. The van der Waals surface area contributed by atoms with Gasteiger partial charge in [-0.05, 0) is 18.2 Å². The van der Waals surface area contributed by atoms with Crippen molar-refractivity contribution >= 4 is 22.4 Å². The lowest BCUT2D eigenvalue weighted by Gasteiger charge is -2.04. The minimum absolute atomic E-state index is 0.299. The van der Waals surface area contributed by atoms with Crippen molar-refractivity contribution in [2.45, 2.75) is 12.5 Å². The van der Waals surface area contributed by atoms with Gasteiger partial charge in [0.25, 0.3) is 0 Å². The molecule has 0 aromatic rings. The topological polar surface area (TPSA) is 27.7 Å². The molecule has 80 valence electrons. The molecular weight excluding hydrogens is 204 g/mol. The zero-order valence-electron chi connectivity index (χ0n) is 8.33. The fraction of sp³-hybridized carbons (Fsp3) is 1.00. The second kappa shape index (κ2) is 12.4. The number of ether oxygens (including phenoxy) is 2. The Morgan fingerprint density at radius 1 is 1.15 bits per heavy atom. The average molecular weight is 224 g/mol. The molecule has 0 aliphatic carbocycles. The summed E-state index contributed by atoms with van der Waals surface area (Å²) in [5, 5.41) is 0. The Bertz CT molecular complexity index is 85.5. The molecule has 0 N–H and O–H groups in total. The minimum Gasteiger partial charge on any atom is -0.422 e. The molecule has 0 saturated carbocycles. The van der Waals surface area contributed by atoms with Gasteiger partial charge in [0, 0.05) is 7.11 Å². The summed E-state index contributed by atoms with van der Waals surface area (Å²) in [6.45, 7) is 2.76. The van der Waals surface area contributed by atoms with E-state index in [4.69, 9.17) is 13.9 Å². The molecule has 0 fully saturated rings. The Balaban J connectivity index is 2.76. The van der Waals surface area contributed by atoms with E-state index in [1.807, 2.05) is 0 Å². The van der Waals surface area contributed by atoms with E-state index in [1.165, 1.54) is 12.5 Å². The third-order valence-electron chi connectivity index (χ3n) is 1.50. The molecule has 0 bridgehead atoms. The Kier molecular flexibility index (Phi) is 12.9. The summed E-state index contributed by atoms with van der Waals surface area (Å²) in [5.41, 5.74) is 0. The maximum Gasteiger partial charge on any atom is 0.161 e. The number of thiol groups is 1. The highest BCUT2D eigenvalue weighted by Gasteiger charge is 1.90. The molecule has 0 aromatic heterocycles. The molecule has 0 atom stereocenters. The van der Waals surface area contributed by atoms with E-state index in [0.29, 0.717) is 19.8 Å². The van der Waals surface area contributed by atoms with Crippen molar-refractivity contribution in [3.05, 3.63) is 0 Å². The largest absolute Gasteiger partial charge is 0.422 e. The van der Waals surface area contributed by atoms with Crippen molar-refractivity contribution in [1.29, 1.82) is 0 Å². The molecule has 3 nitrogen and oxygen atoms in total. The lowest BCUT2D eigenvalue weighted by Crippen LogP contribution is -2.10. The van der Waals surface area contributed by atoms with Crippen LogP contribution in [0.4, 0.5) is 0 Å². The smallest absolute Gasteiger partial charge is 0.161 e. The highest BCUT2D eigenvalue weighted by Crippen LogP contribution is 1.91. The molecule has 5 heteroatoms. The maximum atomic E-state index is 5.46. The molecule has 0 amide bonds. The van der Waals surface area contributed by atoms with Crippen LogP contribution in [0.15, 0.2) is 0 Å². The Labute approximate surface area is 88.5 Å². The van der Waals surface area contributed by atoms with Crippen LogP contribution in [0.3, 0.4) is 0 Å². The van der Waals surface area contributed by atoms with Gasteiger partial charge in [0.1, 0.15) is 0 Å². The number of hydrogen-bond acceptors (Lipinski definition) is 4. The van der Waals surface area contributed by atoms with Gasteiger partial charge in [-0.3, -0.25) is 0 Å². The Morgan fingerprint density at radius 2 is 1.92 bits per heavy atom. The normalized spacial score (nSPS) is 11.5. The second-order valence-corrected chi connectivity index (χ2v) is 4.62. The first kappa shape index (κ1) is 13.4. The van der Waals surface area contributed by atoms with Gasteiger partial charge >= 0.3 is 0 Å². The Morgan fingerprint density at radius 3 is 2.62 bits per heavy atom. The summed E-state index contributed by atoms with van der Waals surface area (Å²) >= 11 is 4.13. The predicted molar refractivity (Wildman–Crippen MR) is 60.5 cm³/mol. The summed E-state index contributed by atoms with van der Waals surface area (Å²) in [7, 11) is 1.37. The van der Waals surface area contributed by atoms with Crippen LogP contribution < -0.4 is 0 Å². The van der Waals surface area contributed by atoms with E-state index in [1.54, 1.807) is 7.11 Å². The monoisotopic (exact) mass is 224 g/mol.